The second kappa shape index (κ2) is 7.35. The van der Waals surface area contributed by atoms with Crippen molar-refractivity contribution in [3.05, 3.63) is 29.3 Å². The number of nitrogens with zero attached hydrogens (tertiary/aromatic N) is 2. The van der Waals surface area contributed by atoms with Crippen molar-refractivity contribution in [1.82, 2.24) is 9.88 Å². The third kappa shape index (κ3) is 4.04. The largest absolute Gasteiger partial charge is 0.480 e. The third-order valence-corrected chi connectivity index (χ3v) is 4.80. The van der Waals surface area contributed by atoms with E-state index in [1.165, 1.54) is 23.6 Å². The van der Waals surface area contributed by atoms with Gasteiger partial charge in [0.15, 0.2) is 0 Å². The first-order valence-electron chi connectivity index (χ1n) is 7.32. The van der Waals surface area contributed by atoms with Crippen LogP contribution in [0.4, 0.5) is 0 Å². The number of fused-ring (bicyclic) bond motifs is 1. The zero-order chi connectivity index (χ0) is 16.1. The molecule has 5 nitrogen and oxygen atoms in total. The van der Waals surface area contributed by atoms with Gasteiger partial charge in [0.2, 0.25) is 5.91 Å². The van der Waals surface area contributed by atoms with E-state index in [9.17, 15) is 9.59 Å². The van der Waals surface area contributed by atoms with E-state index in [1.807, 2.05) is 18.2 Å². The molecular weight excluding hydrogens is 300 g/mol. The van der Waals surface area contributed by atoms with Gasteiger partial charge in [0.25, 0.3) is 0 Å². The van der Waals surface area contributed by atoms with Crippen LogP contribution < -0.4 is 0 Å². The Morgan fingerprint density at radius 1 is 1.32 bits per heavy atom. The van der Waals surface area contributed by atoms with Crippen LogP contribution in [-0.4, -0.2) is 40.0 Å². The van der Waals surface area contributed by atoms with Crippen molar-refractivity contribution < 1.29 is 14.7 Å². The molecule has 1 aromatic heterocycles. The SMILES string of the molecule is CC(C(=O)O)N(C)C(=O)CCCCc1nc2ccccc2s1. The van der Waals surface area contributed by atoms with Crippen molar-refractivity contribution in [2.75, 3.05) is 7.05 Å². The van der Waals surface area contributed by atoms with Crippen molar-refractivity contribution in [2.24, 2.45) is 0 Å². The minimum atomic E-state index is -0.981. The molecule has 0 saturated heterocycles. The average molecular weight is 320 g/mol. The number of hydrogen-bond acceptors (Lipinski definition) is 4. The maximum Gasteiger partial charge on any atom is 0.326 e. The minimum Gasteiger partial charge on any atom is -0.480 e. The summed E-state index contributed by atoms with van der Waals surface area (Å²) in [6, 6.07) is 7.26. The van der Waals surface area contributed by atoms with E-state index in [2.05, 4.69) is 11.1 Å². The number of carbonyl (C=O) groups excluding carboxylic acids is 1. The molecular formula is C16H20N2O3S. The van der Waals surface area contributed by atoms with E-state index < -0.39 is 12.0 Å². The first-order chi connectivity index (χ1) is 10.5. The van der Waals surface area contributed by atoms with E-state index in [4.69, 9.17) is 5.11 Å². The second-order valence-corrected chi connectivity index (χ2v) is 6.42. The lowest BCUT2D eigenvalue weighted by Crippen LogP contribution is -2.40. The molecule has 0 saturated carbocycles. The monoisotopic (exact) mass is 320 g/mol. The van der Waals surface area contributed by atoms with Crippen LogP contribution in [-0.2, 0) is 16.0 Å². The highest BCUT2D eigenvalue weighted by Crippen LogP contribution is 2.22. The average Bonchev–Trinajstić information content (AvgIpc) is 2.92. The molecule has 0 radical (unpaired) electrons. The summed E-state index contributed by atoms with van der Waals surface area (Å²) in [6.07, 6.45) is 2.84. The van der Waals surface area contributed by atoms with Crippen molar-refractivity contribution >= 4 is 33.4 Å². The van der Waals surface area contributed by atoms with Crippen LogP contribution in [0.15, 0.2) is 24.3 Å². The van der Waals surface area contributed by atoms with Gasteiger partial charge in [-0.15, -0.1) is 11.3 Å². The first kappa shape index (κ1) is 16.4. The molecule has 1 N–H and O–H groups in total. The Morgan fingerprint density at radius 3 is 2.73 bits per heavy atom. The second-order valence-electron chi connectivity index (χ2n) is 5.30. The van der Waals surface area contributed by atoms with Crippen molar-refractivity contribution in [3.8, 4) is 0 Å². The molecule has 118 valence electrons. The number of rotatable bonds is 7. The summed E-state index contributed by atoms with van der Waals surface area (Å²) < 4.78 is 1.18. The van der Waals surface area contributed by atoms with Crippen LogP contribution in [0, 0.1) is 0 Å². The standard InChI is InChI=1S/C16H20N2O3S/c1-11(16(20)21)18(2)15(19)10-6-5-9-14-17-12-7-3-4-8-13(12)22-14/h3-4,7-8,11H,5-6,9-10H2,1-2H3,(H,20,21). The van der Waals surface area contributed by atoms with Gasteiger partial charge in [-0.2, -0.15) is 0 Å². The van der Waals surface area contributed by atoms with Gasteiger partial charge in [-0.1, -0.05) is 12.1 Å². The van der Waals surface area contributed by atoms with Crippen LogP contribution in [0.2, 0.25) is 0 Å². The fourth-order valence-electron chi connectivity index (χ4n) is 2.14. The van der Waals surface area contributed by atoms with Crippen LogP contribution in [0.5, 0.6) is 0 Å². The molecule has 0 aliphatic carbocycles. The number of hydrogen-bond donors (Lipinski definition) is 1. The third-order valence-electron chi connectivity index (χ3n) is 3.70. The van der Waals surface area contributed by atoms with Gasteiger partial charge in [-0.25, -0.2) is 9.78 Å². The Hall–Kier alpha value is -1.95. The number of carbonyl (C=O) groups is 2. The normalized spacial score (nSPS) is 12.3. The summed E-state index contributed by atoms with van der Waals surface area (Å²) in [5.41, 5.74) is 1.02. The molecule has 0 spiro atoms. The Bertz CT molecular complexity index is 635. The molecule has 1 unspecified atom stereocenters. The first-order valence-corrected chi connectivity index (χ1v) is 8.13. The maximum atomic E-state index is 11.9. The summed E-state index contributed by atoms with van der Waals surface area (Å²) >= 11 is 1.69. The molecule has 0 aliphatic heterocycles. The number of benzene rings is 1. The van der Waals surface area contributed by atoms with E-state index in [-0.39, 0.29) is 5.91 Å². The van der Waals surface area contributed by atoms with E-state index in [1.54, 1.807) is 11.3 Å². The van der Waals surface area contributed by atoms with Gasteiger partial charge >= 0.3 is 5.97 Å². The van der Waals surface area contributed by atoms with Gasteiger partial charge in [0.1, 0.15) is 6.04 Å². The quantitative estimate of drug-likeness (QED) is 0.796. The summed E-state index contributed by atoms with van der Waals surface area (Å²) in [4.78, 5) is 28.6. The number of para-hydroxylation sites is 1. The lowest BCUT2D eigenvalue weighted by Gasteiger charge is -2.21. The van der Waals surface area contributed by atoms with Crippen LogP contribution >= 0.6 is 11.3 Å². The van der Waals surface area contributed by atoms with Crippen molar-refractivity contribution in [3.63, 3.8) is 0 Å². The highest BCUT2D eigenvalue weighted by Gasteiger charge is 2.20. The highest BCUT2D eigenvalue weighted by atomic mass is 32.1. The van der Waals surface area contributed by atoms with Crippen molar-refractivity contribution in [1.29, 1.82) is 0 Å². The number of thiazole rings is 1. The lowest BCUT2D eigenvalue weighted by molar-refractivity contribution is -0.148. The number of likely N-dealkylation sites (N-methyl/N-ethyl adjacent to an activating group) is 1. The van der Waals surface area contributed by atoms with Gasteiger partial charge in [-0.05, 0) is 38.3 Å². The van der Waals surface area contributed by atoms with Gasteiger partial charge in [-0.3, -0.25) is 4.79 Å². The number of amides is 1. The summed E-state index contributed by atoms with van der Waals surface area (Å²) in [6.45, 7) is 1.52. The summed E-state index contributed by atoms with van der Waals surface area (Å²) in [5.74, 6) is -1.11. The molecule has 2 rings (SSSR count). The fraction of sp³-hybridized carbons (Fsp3) is 0.438. The molecule has 1 atom stereocenters. The van der Waals surface area contributed by atoms with Gasteiger partial charge < -0.3 is 10.0 Å². The minimum absolute atomic E-state index is 0.126. The molecule has 6 heteroatoms. The Labute approximate surface area is 133 Å². The van der Waals surface area contributed by atoms with Crippen LogP contribution in [0.3, 0.4) is 0 Å². The summed E-state index contributed by atoms with van der Waals surface area (Å²) in [7, 11) is 1.54. The molecule has 0 fully saturated rings. The molecule has 1 heterocycles. The highest BCUT2D eigenvalue weighted by molar-refractivity contribution is 7.18. The molecule has 1 aromatic carbocycles. The smallest absolute Gasteiger partial charge is 0.326 e. The van der Waals surface area contributed by atoms with Crippen LogP contribution in [0.25, 0.3) is 10.2 Å². The molecule has 2 aromatic rings. The number of aryl methyl sites for hydroxylation is 1. The molecule has 22 heavy (non-hydrogen) atoms. The number of unbranched alkanes of at least 4 members (excludes halogenated alkanes) is 1. The number of carboxylic acid groups (broad SMARTS) is 1. The topological polar surface area (TPSA) is 70.5 Å². The number of aliphatic carboxylic acids is 1. The Balaban J connectivity index is 1.77. The zero-order valence-corrected chi connectivity index (χ0v) is 13.6. The predicted molar refractivity (Wildman–Crippen MR) is 87.0 cm³/mol. The van der Waals surface area contributed by atoms with Crippen LogP contribution in [0.1, 0.15) is 31.2 Å². The Morgan fingerprint density at radius 2 is 2.05 bits per heavy atom. The summed E-state index contributed by atoms with van der Waals surface area (Å²) in [5, 5.41) is 9.97. The predicted octanol–water partition coefficient (Wildman–Crippen LogP) is 2.94. The fourth-order valence-corrected chi connectivity index (χ4v) is 3.15. The molecule has 0 bridgehead atoms. The van der Waals surface area contributed by atoms with Crippen molar-refractivity contribution in [2.45, 2.75) is 38.6 Å². The van der Waals surface area contributed by atoms with Gasteiger partial charge in [0, 0.05) is 13.5 Å². The molecule has 1 amide bonds. The van der Waals surface area contributed by atoms with E-state index in [0.29, 0.717) is 6.42 Å². The number of carboxylic acids is 1. The maximum absolute atomic E-state index is 11.9. The van der Waals surface area contributed by atoms with Gasteiger partial charge in [0.05, 0.1) is 15.2 Å². The van der Waals surface area contributed by atoms with E-state index in [0.717, 1.165) is 29.8 Å². The van der Waals surface area contributed by atoms with E-state index >= 15 is 0 Å². The molecule has 0 aliphatic rings. The Kier molecular flexibility index (Phi) is 5.49. The number of aromatic nitrogens is 1. The lowest BCUT2D eigenvalue weighted by atomic mass is 10.1. The zero-order valence-electron chi connectivity index (χ0n) is 12.8.